The van der Waals surface area contributed by atoms with E-state index in [0.29, 0.717) is 6.54 Å². The third kappa shape index (κ3) is 5.51. The largest absolute Gasteiger partial charge is 0.381 e. The molecular formula is C15H30N2O3S. The Bertz CT molecular complexity index is 399. The van der Waals surface area contributed by atoms with Crippen LogP contribution in [0.3, 0.4) is 0 Å². The summed E-state index contributed by atoms with van der Waals surface area (Å²) >= 11 is 0. The molecule has 0 bridgehead atoms. The van der Waals surface area contributed by atoms with Crippen molar-refractivity contribution < 1.29 is 13.2 Å². The van der Waals surface area contributed by atoms with Gasteiger partial charge in [-0.25, -0.2) is 13.1 Å². The quantitative estimate of drug-likeness (QED) is 0.738. The fourth-order valence-electron chi connectivity index (χ4n) is 3.28. The van der Waals surface area contributed by atoms with Gasteiger partial charge in [-0.2, -0.15) is 0 Å². The van der Waals surface area contributed by atoms with Crippen molar-refractivity contribution in [3.05, 3.63) is 0 Å². The summed E-state index contributed by atoms with van der Waals surface area (Å²) in [5.41, 5.74) is 0.0574. The van der Waals surface area contributed by atoms with Gasteiger partial charge in [0.1, 0.15) is 0 Å². The van der Waals surface area contributed by atoms with E-state index in [0.717, 1.165) is 58.5 Å². The first-order valence-corrected chi connectivity index (χ1v) is 9.98. The van der Waals surface area contributed by atoms with E-state index < -0.39 is 10.0 Å². The molecule has 0 spiro atoms. The number of likely N-dealkylation sites (tertiary alicyclic amines) is 1. The van der Waals surface area contributed by atoms with E-state index in [2.05, 4.69) is 9.62 Å². The molecule has 2 rings (SSSR count). The van der Waals surface area contributed by atoms with Crippen molar-refractivity contribution in [3.8, 4) is 0 Å². The second kappa shape index (κ2) is 7.90. The second-order valence-electron chi connectivity index (χ2n) is 6.59. The van der Waals surface area contributed by atoms with Crippen molar-refractivity contribution in [2.45, 2.75) is 45.4 Å². The van der Waals surface area contributed by atoms with Crippen molar-refractivity contribution in [2.75, 3.05) is 45.1 Å². The molecule has 0 amide bonds. The van der Waals surface area contributed by atoms with E-state index in [-0.39, 0.29) is 11.2 Å². The highest BCUT2D eigenvalue weighted by atomic mass is 32.2. The molecule has 6 heteroatoms. The molecule has 0 aromatic heterocycles. The minimum absolute atomic E-state index is 0.0574. The Labute approximate surface area is 129 Å². The summed E-state index contributed by atoms with van der Waals surface area (Å²) in [6.45, 7) is 7.42. The Balaban J connectivity index is 1.92. The number of nitrogens with zero attached hydrogens (tertiary/aromatic N) is 1. The Morgan fingerprint density at radius 1 is 1.19 bits per heavy atom. The fraction of sp³-hybridized carbons (Fsp3) is 1.00. The second-order valence-corrected chi connectivity index (χ2v) is 8.52. The van der Waals surface area contributed by atoms with E-state index in [9.17, 15) is 8.42 Å². The van der Waals surface area contributed by atoms with Gasteiger partial charge < -0.3 is 9.64 Å². The van der Waals surface area contributed by atoms with Crippen LogP contribution in [0.25, 0.3) is 0 Å². The third-order valence-electron chi connectivity index (χ3n) is 4.74. The number of rotatable bonds is 8. The molecule has 2 saturated heterocycles. The summed E-state index contributed by atoms with van der Waals surface area (Å²) in [6.07, 6.45) is 6.11. The summed E-state index contributed by atoms with van der Waals surface area (Å²) in [6, 6.07) is 0. The number of hydrogen-bond donors (Lipinski definition) is 1. The first-order valence-electron chi connectivity index (χ1n) is 8.33. The molecule has 2 aliphatic rings. The van der Waals surface area contributed by atoms with Gasteiger partial charge in [-0.15, -0.1) is 0 Å². The van der Waals surface area contributed by atoms with Crippen LogP contribution in [0.5, 0.6) is 0 Å². The highest BCUT2D eigenvalue weighted by molar-refractivity contribution is 7.89. The summed E-state index contributed by atoms with van der Waals surface area (Å²) in [4.78, 5) is 2.49. The van der Waals surface area contributed by atoms with E-state index in [1.807, 2.05) is 6.92 Å². The van der Waals surface area contributed by atoms with Crippen molar-refractivity contribution in [1.82, 2.24) is 9.62 Å². The highest BCUT2D eigenvalue weighted by Gasteiger charge is 2.36. The first-order chi connectivity index (χ1) is 10.1. The standard InChI is InChI=1S/C15H30N2O3S/c1-2-3-12-21(18,19)16-13-15(6-10-20-11-7-15)14-17-8-4-5-9-17/h16H,2-14H2,1H3. The van der Waals surface area contributed by atoms with Gasteiger partial charge in [-0.3, -0.25) is 0 Å². The molecule has 0 radical (unpaired) electrons. The molecule has 2 heterocycles. The zero-order valence-electron chi connectivity index (χ0n) is 13.3. The van der Waals surface area contributed by atoms with Crippen LogP contribution in [-0.2, 0) is 14.8 Å². The molecular weight excluding hydrogens is 288 g/mol. The predicted molar refractivity (Wildman–Crippen MR) is 84.9 cm³/mol. The Kier molecular flexibility index (Phi) is 6.47. The fourth-order valence-corrected chi connectivity index (χ4v) is 4.62. The monoisotopic (exact) mass is 318 g/mol. The normalized spacial score (nSPS) is 23.5. The van der Waals surface area contributed by atoms with E-state index >= 15 is 0 Å². The number of sulfonamides is 1. The van der Waals surface area contributed by atoms with Crippen LogP contribution < -0.4 is 4.72 Å². The van der Waals surface area contributed by atoms with Crippen LogP contribution in [0.1, 0.15) is 45.4 Å². The van der Waals surface area contributed by atoms with Crippen LogP contribution in [0, 0.1) is 5.41 Å². The van der Waals surface area contributed by atoms with Gasteiger partial charge >= 0.3 is 0 Å². The molecule has 0 aromatic carbocycles. The van der Waals surface area contributed by atoms with Crippen molar-refractivity contribution in [3.63, 3.8) is 0 Å². The maximum absolute atomic E-state index is 12.1. The lowest BCUT2D eigenvalue weighted by Crippen LogP contribution is -2.48. The molecule has 21 heavy (non-hydrogen) atoms. The van der Waals surface area contributed by atoms with Gasteiger partial charge in [0.05, 0.1) is 5.75 Å². The van der Waals surface area contributed by atoms with Crippen LogP contribution in [0.2, 0.25) is 0 Å². The van der Waals surface area contributed by atoms with Crippen molar-refractivity contribution >= 4 is 10.0 Å². The van der Waals surface area contributed by atoms with Crippen LogP contribution in [0.4, 0.5) is 0 Å². The van der Waals surface area contributed by atoms with Crippen LogP contribution in [0.15, 0.2) is 0 Å². The summed E-state index contributed by atoms with van der Waals surface area (Å²) in [5.74, 6) is 0.250. The molecule has 5 nitrogen and oxygen atoms in total. The highest BCUT2D eigenvalue weighted by Crippen LogP contribution is 2.32. The summed E-state index contributed by atoms with van der Waals surface area (Å²) < 4.78 is 32.5. The third-order valence-corrected chi connectivity index (χ3v) is 6.16. The topological polar surface area (TPSA) is 58.6 Å². The molecule has 0 unspecified atom stereocenters. The van der Waals surface area contributed by atoms with E-state index in [4.69, 9.17) is 4.74 Å². The lowest BCUT2D eigenvalue weighted by molar-refractivity contribution is 0.00157. The minimum atomic E-state index is -3.12. The van der Waals surface area contributed by atoms with Crippen LogP contribution >= 0.6 is 0 Å². The number of hydrogen-bond acceptors (Lipinski definition) is 4. The Hall–Kier alpha value is -0.170. The Morgan fingerprint density at radius 2 is 1.86 bits per heavy atom. The number of nitrogens with one attached hydrogen (secondary N) is 1. The molecule has 0 aromatic rings. The van der Waals surface area contributed by atoms with Gasteiger partial charge in [0, 0.05) is 31.7 Å². The van der Waals surface area contributed by atoms with Gasteiger partial charge in [-0.1, -0.05) is 13.3 Å². The van der Waals surface area contributed by atoms with Gasteiger partial charge in [0.15, 0.2) is 0 Å². The lowest BCUT2D eigenvalue weighted by Gasteiger charge is -2.40. The Morgan fingerprint density at radius 3 is 2.48 bits per heavy atom. The summed E-state index contributed by atoms with van der Waals surface area (Å²) in [5, 5.41) is 0. The molecule has 0 aliphatic carbocycles. The molecule has 0 saturated carbocycles. The number of ether oxygens (including phenoxy) is 1. The minimum Gasteiger partial charge on any atom is -0.381 e. The molecule has 1 N–H and O–H groups in total. The van der Waals surface area contributed by atoms with Gasteiger partial charge in [-0.05, 0) is 45.2 Å². The molecule has 2 fully saturated rings. The van der Waals surface area contributed by atoms with E-state index in [1.54, 1.807) is 0 Å². The van der Waals surface area contributed by atoms with E-state index in [1.165, 1.54) is 12.8 Å². The SMILES string of the molecule is CCCCS(=O)(=O)NCC1(CN2CCCC2)CCOCC1. The van der Waals surface area contributed by atoms with Crippen LogP contribution in [-0.4, -0.2) is 58.5 Å². The molecule has 0 atom stereocenters. The average Bonchev–Trinajstić information content (AvgIpc) is 2.97. The lowest BCUT2D eigenvalue weighted by atomic mass is 9.80. The van der Waals surface area contributed by atoms with Crippen molar-refractivity contribution in [1.29, 1.82) is 0 Å². The first kappa shape index (κ1) is 17.2. The van der Waals surface area contributed by atoms with Gasteiger partial charge in [0.25, 0.3) is 0 Å². The maximum Gasteiger partial charge on any atom is 0.211 e. The summed E-state index contributed by atoms with van der Waals surface area (Å²) in [7, 11) is -3.12. The molecule has 124 valence electrons. The zero-order chi connectivity index (χ0) is 15.2. The average molecular weight is 318 g/mol. The smallest absolute Gasteiger partial charge is 0.211 e. The van der Waals surface area contributed by atoms with Gasteiger partial charge in [0.2, 0.25) is 10.0 Å². The molecule has 2 aliphatic heterocycles. The van der Waals surface area contributed by atoms with Crippen molar-refractivity contribution in [2.24, 2.45) is 5.41 Å². The predicted octanol–water partition coefficient (Wildman–Crippen LogP) is 1.60. The number of unbranched alkanes of at least 4 members (excludes halogenated alkanes) is 1. The maximum atomic E-state index is 12.1. The zero-order valence-corrected chi connectivity index (χ0v) is 14.1.